The van der Waals surface area contributed by atoms with Gasteiger partial charge in [-0.1, -0.05) is 30.3 Å². The van der Waals surface area contributed by atoms with Gasteiger partial charge in [0.25, 0.3) is 5.91 Å². The molecule has 0 saturated heterocycles. The molecule has 0 unspecified atom stereocenters. The lowest BCUT2D eigenvalue weighted by Crippen LogP contribution is -2.33. The minimum Gasteiger partial charge on any atom is -0.486 e. The highest BCUT2D eigenvalue weighted by molar-refractivity contribution is 5.94. The first-order chi connectivity index (χ1) is 12.5. The number of anilines is 1. The Balaban J connectivity index is 1.56. The van der Waals surface area contributed by atoms with Crippen LogP contribution >= 0.6 is 0 Å². The number of fused-ring (bicyclic) bond motifs is 1. The van der Waals surface area contributed by atoms with Crippen LogP contribution in [-0.2, 0) is 19.7 Å². The average molecular weight is 355 g/mol. The minimum atomic E-state index is -0.835. The van der Waals surface area contributed by atoms with E-state index in [0.29, 0.717) is 30.4 Å². The molecule has 1 heterocycles. The Labute approximate surface area is 152 Å². The summed E-state index contributed by atoms with van der Waals surface area (Å²) in [7, 11) is 0. The number of rotatable bonds is 5. The molecular formula is C20H21NO5. The first-order valence-corrected chi connectivity index (χ1v) is 8.39. The highest BCUT2D eigenvalue weighted by atomic mass is 16.6. The van der Waals surface area contributed by atoms with Gasteiger partial charge in [0.2, 0.25) is 0 Å². The summed E-state index contributed by atoms with van der Waals surface area (Å²) >= 11 is 0. The van der Waals surface area contributed by atoms with Crippen LogP contribution < -0.4 is 14.8 Å². The molecule has 1 aliphatic heterocycles. The quantitative estimate of drug-likeness (QED) is 0.835. The molecule has 0 saturated carbocycles. The number of carbonyl (C=O) groups excluding carboxylic acids is 2. The average Bonchev–Trinajstić information content (AvgIpc) is 2.66. The third kappa shape index (κ3) is 3.96. The Kier molecular flexibility index (Phi) is 5.11. The Bertz CT molecular complexity index is 801. The molecule has 0 aromatic heterocycles. The van der Waals surface area contributed by atoms with Crippen molar-refractivity contribution in [3.05, 3.63) is 54.1 Å². The van der Waals surface area contributed by atoms with E-state index in [1.54, 1.807) is 32.0 Å². The summed E-state index contributed by atoms with van der Waals surface area (Å²) in [5.74, 6) is 0.349. The Hall–Kier alpha value is -3.02. The van der Waals surface area contributed by atoms with E-state index in [2.05, 4.69) is 5.32 Å². The zero-order chi connectivity index (χ0) is 18.6. The standard InChI is InChI=1S/C20H21NO5/c1-20(2,14-6-4-3-5-7-14)19(23)26-13-18(22)21-15-8-9-16-17(12-15)25-11-10-24-16/h3-9,12H,10-11,13H2,1-2H3,(H,21,22). The van der Waals surface area contributed by atoms with Crippen molar-refractivity contribution in [3.8, 4) is 11.5 Å². The van der Waals surface area contributed by atoms with Crippen molar-refractivity contribution < 1.29 is 23.8 Å². The third-order valence-electron chi connectivity index (χ3n) is 4.17. The number of hydrogen-bond donors (Lipinski definition) is 1. The number of esters is 1. The SMILES string of the molecule is CC(C)(C(=O)OCC(=O)Nc1ccc2c(c1)OCCO2)c1ccccc1. The summed E-state index contributed by atoms with van der Waals surface area (Å²) in [4.78, 5) is 24.5. The molecule has 26 heavy (non-hydrogen) atoms. The molecular weight excluding hydrogens is 334 g/mol. The summed E-state index contributed by atoms with van der Waals surface area (Å²) in [6, 6.07) is 14.4. The van der Waals surface area contributed by atoms with Crippen molar-refractivity contribution in [1.29, 1.82) is 0 Å². The van der Waals surface area contributed by atoms with Crippen molar-refractivity contribution in [1.82, 2.24) is 0 Å². The fraction of sp³-hybridized carbons (Fsp3) is 0.300. The second-order valence-corrected chi connectivity index (χ2v) is 6.47. The number of carbonyl (C=O) groups is 2. The molecule has 0 aliphatic carbocycles. The first-order valence-electron chi connectivity index (χ1n) is 8.39. The van der Waals surface area contributed by atoms with Crippen LogP contribution in [0.5, 0.6) is 11.5 Å². The van der Waals surface area contributed by atoms with Gasteiger partial charge >= 0.3 is 5.97 Å². The molecule has 0 atom stereocenters. The van der Waals surface area contributed by atoms with Crippen LogP contribution in [0.25, 0.3) is 0 Å². The van der Waals surface area contributed by atoms with Crippen LogP contribution in [0.1, 0.15) is 19.4 Å². The van der Waals surface area contributed by atoms with Gasteiger partial charge in [0.05, 0.1) is 5.41 Å². The highest BCUT2D eigenvalue weighted by Gasteiger charge is 2.31. The fourth-order valence-corrected chi connectivity index (χ4v) is 2.60. The molecule has 3 rings (SSSR count). The van der Waals surface area contributed by atoms with Crippen molar-refractivity contribution in [2.24, 2.45) is 0 Å². The van der Waals surface area contributed by atoms with Gasteiger partial charge in [-0.25, -0.2) is 0 Å². The lowest BCUT2D eigenvalue weighted by molar-refractivity contribution is -0.152. The van der Waals surface area contributed by atoms with Gasteiger partial charge in [-0.3, -0.25) is 9.59 Å². The zero-order valence-electron chi connectivity index (χ0n) is 14.8. The van der Waals surface area contributed by atoms with Crippen molar-refractivity contribution in [2.45, 2.75) is 19.3 Å². The number of amides is 1. The number of hydrogen-bond acceptors (Lipinski definition) is 5. The van der Waals surface area contributed by atoms with Crippen LogP contribution in [0.4, 0.5) is 5.69 Å². The molecule has 2 aromatic rings. The van der Waals surface area contributed by atoms with Gasteiger partial charge in [-0.05, 0) is 31.5 Å². The lowest BCUT2D eigenvalue weighted by atomic mass is 9.85. The molecule has 136 valence electrons. The van der Waals surface area contributed by atoms with Crippen LogP contribution in [-0.4, -0.2) is 31.7 Å². The molecule has 1 N–H and O–H groups in total. The highest BCUT2D eigenvalue weighted by Crippen LogP contribution is 2.32. The molecule has 6 heteroatoms. The third-order valence-corrected chi connectivity index (χ3v) is 4.17. The van der Waals surface area contributed by atoms with Crippen LogP contribution in [0.2, 0.25) is 0 Å². The van der Waals surface area contributed by atoms with E-state index in [4.69, 9.17) is 14.2 Å². The van der Waals surface area contributed by atoms with Crippen molar-refractivity contribution in [2.75, 3.05) is 25.1 Å². The van der Waals surface area contributed by atoms with E-state index < -0.39 is 17.3 Å². The van der Waals surface area contributed by atoms with E-state index in [1.807, 2.05) is 30.3 Å². The molecule has 0 fully saturated rings. The van der Waals surface area contributed by atoms with E-state index in [0.717, 1.165) is 5.56 Å². The monoisotopic (exact) mass is 355 g/mol. The largest absolute Gasteiger partial charge is 0.486 e. The van der Waals surface area contributed by atoms with Gasteiger partial charge in [0.15, 0.2) is 18.1 Å². The predicted octanol–water partition coefficient (Wildman–Crippen LogP) is 2.92. The molecule has 0 spiro atoms. The number of benzene rings is 2. The molecule has 1 amide bonds. The Morgan fingerprint density at radius 2 is 1.73 bits per heavy atom. The molecule has 6 nitrogen and oxygen atoms in total. The minimum absolute atomic E-state index is 0.358. The summed E-state index contributed by atoms with van der Waals surface area (Å²) in [5.41, 5.74) is 0.549. The van der Waals surface area contributed by atoms with Crippen LogP contribution in [0, 0.1) is 0 Å². The molecule has 0 radical (unpaired) electrons. The summed E-state index contributed by atoms with van der Waals surface area (Å²) in [5, 5.41) is 2.69. The molecule has 2 aromatic carbocycles. The van der Waals surface area contributed by atoms with Crippen LogP contribution in [0.3, 0.4) is 0 Å². The van der Waals surface area contributed by atoms with Gasteiger partial charge in [0, 0.05) is 11.8 Å². The van der Waals surface area contributed by atoms with E-state index >= 15 is 0 Å². The number of ether oxygens (including phenoxy) is 3. The normalized spacial score (nSPS) is 13.0. The fourth-order valence-electron chi connectivity index (χ4n) is 2.60. The maximum atomic E-state index is 12.4. The van der Waals surface area contributed by atoms with Crippen LogP contribution in [0.15, 0.2) is 48.5 Å². The van der Waals surface area contributed by atoms with E-state index in [9.17, 15) is 9.59 Å². The summed E-state index contributed by atoms with van der Waals surface area (Å²) in [6.07, 6.45) is 0. The van der Waals surface area contributed by atoms with E-state index in [1.165, 1.54) is 0 Å². The van der Waals surface area contributed by atoms with Gasteiger partial charge in [0.1, 0.15) is 13.2 Å². The Morgan fingerprint density at radius 3 is 2.46 bits per heavy atom. The molecule has 1 aliphatic rings. The predicted molar refractivity (Wildman–Crippen MR) is 96.5 cm³/mol. The van der Waals surface area contributed by atoms with Gasteiger partial charge in [-0.2, -0.15) is 0 Å². The number of nitrogens with one attached hydrogen (secondary N) is 1. The second-order valence-electron chi connectivity index (χ2n) is 6.47. The van der Waals surface area contributed by atoms with E-state index in [-0.39, 0.29) is 6.61 Å². The maximum Gasteiger partial charge on any atom is 0.316 e. The van der Waals surface area contributed by atoms with Crippen molar-refractivity contribution >= 4 is 17.6 Å². The first kappa shape index (κ1) is 17.8. The second kappa shape index (κ2) is 7.47. The smallest absolute Gasteiger partial charge is 0.316 e. The molecule has 0 bridgehead atoms. The Morgan fingerprint density at radius 1 is 1.04 bits per heavy atom. The topological polar surface area (TPSA) is 73.9 Å². The van der Waals surface area contributed by atoms with Gasteiger partial charge in [-0.15, -0.1) is 0 Å². The summed E-state index contributed by atoms with van der Waals surface area (Å²) < 4.78 is 16.1. The zero-order valence-corrected chi connectivity index (χ0v) is 14.8. The maximum absolute atomic E-state index is 12.4. The van der Waals surface area contributed by atoms with Crippen molar-refractivity contribution in [3.63, 3.8) is 0 Å². The van der Waals surface area contributed by atoms with Gasteiger partial charge < -0.3 is 19.5 Å². The lowest BCUT2D eigenvalue weighted by Gasteiger charge is -2.23. The summed E-state index contributed by atoms with van der Waals surface area (Å²) in [6.45, 7) is 4.15.